The SMILES string of the molecule is CC(C)CC[C@H](N)c1cccc2c1OCCO2. The molecule has 1 aromatic rings. The van der Waals surface area contributed by atoms with Gasteiger partial charge < -0.3 is 15.2 Å². The Hall–Kier alpha value is -1.22. The summed E-state index contributed by atoms with van der Waals surface area (Å²) in [5.41, 5.74) is 7.30. The van der Waals surface area contributed by atoms with E-state index in [9.17, 15) is 0 Å². The molecular formula is C14H21NO2. The third-order valence-corrected chi connectivity index (χ3v) is 3.05. The lowest BCUT2D eigenvalue weighted by molar-refractivity contribution is 0.169. The number of fused-ring (bicyclic) bond motifs is 1. The molecule has 0 saturated heterocycles. The molecule has 0 radical (unpaired) electrons. The zero-order chi connectivity index (χ0) is 12.3. The van der Waals surface area contributed by atoms with Crippen LogP contribution in [0, 0.1) is 5.92 Å². The van der Waals surface area contributed by atoms with Crippen molar-refractivity contribution in [3.8, 4) is 11.5 Å². The second-order valence-electron chi connectivity index (χ2n) is 4.95. The van der Waals surface area contributed by atoms with E-state index in [0.29, 0.717) is 19.1 Å². The molecule has 0 aromatic heterocycles. The van der Waals surface area contributed by atoms with Crippen LogP contribution in [0.3, 0.4) is 0 Å². The monoisotopic (exact) mass is 235 g/mol. The van der Waals surface area contributed by atoms with Gasteiger partial charge in [0, 0.05) is 11.6 Å². The summed E-state index contributed by atoms with van der Waals surface area (Å²) in [6.45, 7) is 5.66. The van der Waals surface area contributed by atoms with Gasteiger partial charge in [-0.2, -0.15) is 0 Å². The highest BCUT2D eigenvalue weighted by Gasteiger charge is 2.19. The molecule has 2 N–H and O–H groups in total. The Balaban J connectivity index is 2.14. The van der Waals surface area contributed by atoms with Gasteiger partial charge in [-0.25, -0.2) is 0 Å². The van der Waals surface area contributed by atoms with Crippen LogP contribution in [-0.2, 0) is 0 Å². The molecule has 1 aliphatic heterocycles. The van der Waals surface area contributed by atoms with Crippen LogP contribution in [0.5, 0.6) is 11.5 Å². The van der Waals surface area contributed by atoms with Crippen molar-refractivity contribution in [2.24, 2.45) is 11.7 Å². The molecule has 0 saturated carbocycles. The van der Waals surface area contributed by atoms with Gasteiger partial charge in [-0.15, -0.1) is 0 Å². The standard InChI is InChI=1S/C14H21NO2/c1-10(2)6-7-12(15)11-4-3-5-13-14(11)17-9-8-16-13/h3-5,10,12H,6-9,15H2,1-2H3/t12-/m0/s1. The summed E-state index contributed by atoms with van der Waals surface area (Å²) in [6.07, 6.45) is 2.11. The summed E-state index contributed by atoms with van der Waals surface area (Å²) in [6, 6.07) is 6.00. The molecule has 0 aliphatic carbocycles. The lowest BCUT2D eigenvalue weighted by Crippen LogP contribution is -2.19. The summed E-state index contributed by atoms with van der Waals surface area (Å²) in [7, 11) is 0. The van der Waals surface area contributed by atoms with Gasteiger partial charge >= 0.3 is 0 Å². The van der Waals surface area contributed by atoms with E-state index in [4.69, 9.17) is 15.2 Å². The van der Waals surface area contributed by atoms with Crippen molar-refractivity contribution in [3.63, 3.8) is 0 Å². The topological polar surface area (TPSA) is 44.5 Å². The van der Waals surface area contributed by atoms with Crippen molar-refractivity contribution >= 4 is 0 Å². The van der Waals surface area contributed by atoms with Gasteiger partial charge in [0.25, 0.3) is 0 Å². The molecule has 3 nitrogen and oxygen atoms in total. The molecule has 0 unspecified atom stereocenters. The predicted octanol–water partition coefficient (Wildman–Crippen LogP) is 2.89. The van der Waals surface area contributed by atoms with E-state index < -0.39 is 0 Å². The summed E-state index contributed by atoms with van der Waals surface area (Å²) in [4.78, 5) is 0. The van der Waals surface area contributed by atoms with Crippen LogP contribution in [0.4, 0.5) is 0 Å². The molecule has 0 spiro atoms. The first kappa shape index (κ1) is 12.2. The number of hydrogen-bond donors (Lipinski definition) is 1. The fourth-order valence-corrected chi connectivity index (χ4v) is 2.06. The third-order valence-electron chi connectivity index (χ3n) is 3.05. The van der Waals surface area contributed by atoms with E-state index in [1.807, 2.05) is 18.2 Å². The van der Waals surface area contributed by atoms with Crippen LogP contribution >= 0.6 is 0 Å². The second kappa shape index (κ2) is 5.41. The van der Waals surface area contributed by atoms with Gasteiger partial charge in [-0.05, 0) is 24.8 Å². The van der Waals surface area contributed by atoms with Crippen LogP contribution in [0.1, 0.15) is 38.3 Å². The van der Waals surface area contributed by atoms with E-state index in [1.54, 1.807) is 0 Å². The zero-order valence-electron chi connectivity index (χ0n) is 10.6. The van der Waals surface area contributed by atoms with Gasteiger partial charge in [0.1, 0.15) is 13.2 Å². The van der Waals surface area contributed by atoms with Crippen LogP contribution in [0.25, 0.3) is 0 Å². The van der Waals surface area contributed by atoms with E-state index in [-0.39, 0.29) is 6.04 Å². The molecule has 0 fully saturated rings. The van der Waals surface area contributed by atoms with Crippen molar-refractivity contribution < 1.29 is 9.47 Å². The fourth-order valence-electron chi connectivity index (χ4n) is 2.06. The van der Waals surface area contributed by atoms with Crippen molar-refractivity contribution in [2.45, 2.75) is 32.7 Å². The van der Waals surface area contributed by atoms with E-state index in [0.717, 1.165) is 29.9 Å². The van der Waals surface area contributed by atoms with Crippen molar-refractivity contribution in [1.82, 2.24) is 0 Å². The van der Waals surface area contributed by atoms with Gasteiger partial charge in [0.15, 0.2) is 11.5 Å². The molecular weight excluding hydrogens is 214 g/mol. The summed E-state index contributed by atoms with van der Waals surface area (Å²) in [5, 5.41) is 0. The van der Waals surface area contributed by atoms with E-state index >= 15 is 0 Å². The van der Waals surface area contributed by atoms with Crippen molar-refractivity contribution in [3.05, 3.63) is 23.8 Å². The Bertz CT molecular complexity index is 376. The minimum absolute atomic E-state index is 0.0362. The molecule has 17 heavy (non-hydrogen) atoms. The largest absolute Gasteiger partial charge is 0.486 e. The first-order valence-corrected chi connectivity index (χ1v) is 6.32. The normalized spacial score (nSPS) is 16.0. The summed E-state index contributed by atoms with van der Waals surface area (Å²) < 4.78 is 11.2. The molecule has 0 bridgehead atoms. The van der Waals surface area contributed by atoms with Gasteiger partial charge in [-0.1, -0.05) is 26.0 Å². The number of para-hydroxylation sites is 1. The third kappa shape index (κ3) is 2.91. The number of nitrogens with two attached hydrogens (primary N) is 1. The lowest BCUT2D eigenvalue weighted by Gasteiger charge is -2.23. The van der Waals surface area contributed by atoms with Crippen LogP contribution in [0.15, 0.2) is 18.2 Å². The van der Waals surface area contributed by atoms with Crippen molar-refractivity contribution in [2.75, 3.05) is 13.2 Å². The Morgan fingerprint density at radius 3 is 2.71 bits per heavy atom. The highest BCUT2D eigenvalue weighted by atomic mass is 16.6. The van der Waals surface area contributed by atoms with Gasteiger partial charge in [0.2, 0.25) is 0 Å². The van der Waals surface area contributed by atoms with Crippen LogP contribution in [0.2, 0.25) is 0 Å². The maximum atomic E-state index is 6.23. The smallest absolute Gasteiger partial charge is 0.166 e. The molecule has 1 heterocycles. The first-order chi connectivity index (χ1) is 8.18. The Morgan fingerprint density at radius 2 is 1.94 bits per heavy atom. The fraction of sp³-hybridized carbons (Fsp3) is 0.571. The zero-order valence-corrected chi connectivity index (χ0v) is 10.6. The second-order valence-corrected chi connectivity index (χ2v) is 4.95. The van der Waals surface area contributed by atoms with Gasteiger partial charge in [0.05, 0.1) is 0 Å². The van der Waals surface area contributed by atoms with Crippen LogP contribution in [-0.4, -0.2) is 13.2 Å². The Kier molecular flexibility index (Phi) is 3.89. The quantitative estimate of drug-likeness (QED) is 0.872. The molecule has 1 aliphatic rings. The molecule has 0 amide bonds. The molecule has 94 valence electrons. The van der Waals surface area contributed by atoms with E-state index in [2.05, 4.69) is 13.8 Å². The number of ether oxygens (including phenoxy) is 2. The number of hydrogen-bond acceptors (Lipinski definition) is 3. The Morgan fingerprint density at radius 1 is 1.18 bits per heavy atom. The number of rotatable bonds is 4. The Labute approximate surface area is 103 Å². The predicted molar refractivity (Wildman–Crippen MR) is 68.4 cm³/mol. The van der Waals surface area contributed by atoms with Crippen LogP contribution < -0.4 is 15.2 Å². The summed E-state index contributed by atoms with van der Waals surface area (Å²) >= 11 is 0. The van der Waals surface area contributed by atoms with Gasteiger partial charge in [-0.3, -0.25) is 0 Å². The first-order valence-electron chi connectivity index (χ1n) is 6.32. The van der Waals surface area contributed by atoms with E-state index in [1.165, 1.54) is 0 Å². The maximum absolute atomic E-state index is 6.23. The highest BCUT2D eigenvalue weighted by Crippen LogP contribution is 2.37. The van der Waals surface area contributed by atoms with Crippen molar-refractivity contribution in [1.29, 1.82) is 0 Å². The molecule has 2 rings (SSSR count). The minimum Gasteiger partial charge on any atom is -0.486 e. The minimum atomic E-state index is 0.0362. The maximum Gasteiger partial charge on any atom is 0.166 e. The average molecular weight is 235 g/mol. The number of benzene rings is 1. The lowest BCUT2D eigenvalue weighted by atomic mass is 9.97. The summed E-state index contributed by atoms with van der Waals surface area (Å²) in [5.74, 6) is 2.35. The highest BCUT2D eigenvalue weighted by molar-refractivity contribution is 5.48. The average Bonchev–Trinajstić information content (AvgIpc) is 2.35. The molecule has 3 heteroatoms. The molecule has 1 atom stereocenters. The molecule has 1 aromatic carbocycles.